The highest BCUT2D eigenvalue weighted by Gasteiger charge is 2.28. The molecule has 0 fully saturated rings. The van der Waals surface area contributed by atoms with Crippen LogP contribution in [-0.4, -0.2) is 16.1 Å². The number of methoxy groups -OCH3 is 1. The molecule has 1 N–H and O–H groups in total. The Morgan fingerprint density at radius 3 is 2.12 bits per heavy atom. The van der Waals surface area contributed by atoms with Crippen LogP contribution in [0.4, 0.5) is 0 Å². The van der Waals surface area contributed by atoms with Crippen LogP contribution in [0.15, 0.2) is 67.3 Å². The highest BCUT2D eigenvalue weighted by atomic mass is 32.2. The average Bonchev–Trinajstić information content (AvgIpc) is 2.61. The van der Waals surface area contributed by atoms with Gasteiger partial charge in [0.15, 0.2) is 0 Å². The molecule has 0 aliphatic heterocycles. The molecule has 0 amide bonds. The minimum Gasteiger partial charge on any atom is -0.497 e. The van der Waals surface area contributed by atoms with Gasteiger partial charge in [-0.15, -0.1) is 6.58 Å². The molecular formula is C21H27NO2S. The molecule has 3 nitrogen and oxygen atoms in total. The van der Waals surface area contributed by atoms with E-state index in [1.54, 1.807) is 7.11 Å². The molecule has 134 valence electrons. The molecule has 4 heteroatoms. The first-order valence-corrected chi connectivity index (χ1v) is 9.51. The van der Waals surface area contributed by atoms with Gasteiger partial charge >= 0.3 is 0 Å². The van der Waals surface area contributed by atoms with Crippen molar-refractivity contribution in [3.8, 4) is 5.75 Å². The van der Waals surface area contributed by atoms with Crippen LogP contribution in [0.2, 0.25) is 0 Å². The topological polar surface area (TPSA) is 38.3 Å². The normalized spacial score (nSPS) is 15.2. The van der Waals surface area contributed by atoms with Gasteiger partial charge < -0.3 is 4.74 Å². The van der Waals surface area contributed by atoms with Crippen molar-refractivity contribution in [2.45, 2.75) is 37.5 Å². The molecule has 0 unspecified atom stereocenters. The van der Waals surface area contributed by atoms with Crippen LogP contribution in [0.5, 0.6) is 5.75 Å². The number of hydrogen-bond donors (Lipinski definition) is 1. The van der Waals surface area contributed by atoms with E-state index in [-0.39, 0.29) is 16.7 Å². The second kappa shape index (κ2) is 8.45. The van der Waals surface area contributed by atoms with Crippen LogP contribution < -0.4 is 9.46 Å². The summed E-state index contributed by atoms with van der Waals surface area (Å²) < 4.78 is 21.0. The van der Waals surface area contributed by atoms with E-state index in [1.807, 2.05) is 69.3 Å². The highest BCUT2D eigenvalue weighted by molar-refractivity contribution is 7.84. The first kappa shape index (κ1) is 19.4. The Morgan fingerprint density at radius 1 is 1.04 bits per heavy atom. The van der Waals surface area contributed by atoms with Crippen molar-refractivity contribution in [1.29, 1.82) is 0 Å². The summed E-state index contributed by atoms with van der Waals surface area (Å²) in [5.41, 5.74) is 2.18. The lowest BCUT2D eigenvalue weighted by atomic mass is 9.88. The van der Waals surface area contributed by atoms with Crippen molar-refractivity contribution in [3.63, 3.8) is 0 Å². The Labute approximate surface area is 153 Å². The molecular weight excluding hydrogens is 330 g/mol. The Kier molecular flexibility index (Phi) is 6.57. The zero-order chi connectivity index (χ0) is 18.4. The number of hydrogen-bond acceptors (Lipinski definition) is 2. The number of ether oxygens (including phenoxy) is 1. The smallest absolute Gasteiger partial charge is 0.118 e. The zero-order valence-corrected chi connectivity index (χ0v) is 16.2. The lowest BCUT2D eigenvalue weighted by Crippen LogP contribution is -2.37. The van der Waals surface area contributed by atoms with Crippen molar-refractivity contribution in [2.24, 2.45) is 0 Å². The van der Waals surface area contributed by atoms with Gasteiger partial charge in [-0.2, -0.15) is 0 Å². The molecule has 25 heavy (non-hydrogen) atoms. The van der Waals surface area contributed by atoms with E-state index >= 15 is 0 Å². The number of rotatable bonds is 7. The van der Waals surface area contributed by atoms with E-state index in [1.165, 1.54) is 0 Å². The molecule has 0 spiro atoms. The van der Waals surface area contributed by atoms with Gasteiger partial charge in [0.2, 0.25) is 0 Å². The predicted octanol–water partition coefficient (Wildman–Crippen LogP) is 4.76. The molecule has 2 aromatic rings. The van der Waals surface area contributed by atoms with E-state index in [0.717, 1.165) is 16.9 Å². The fraction of sp³-hybridized carbons (Fsp3) is 0.333. The third-order valence-corrected chi connectivity index (χ3v) is 5.64. The van der Waals surface area contributed by atoms with Gasteiger partial charge in [0.1, 0.15) is 5.75 Å². The maximum atomic E-state index is 12.8. The molecule has 0 aliphatic rings. The summed E-state index contributed by atoms with van der Waals surface area (Å²) in [6.07, 6.45) is 1.91. The Bertz CT molecular complexity index is 705. The molecule has 2 rings (SSSR count). The molecule has 0 saturated carbocycles. The third kappa shape index (κ3) is 5.03. The van der Waals surface area contributed by atoms with Gasteiger partial charge in [0.05, 0.1) is 28.9 Å². The van der Waals surface area contributed by atoms with Crippen molar-refractivity contribution >= 4 is 11.0 Å². The van der Waals surface area contributed by atoms with Gasteiger partial charge in [0, 0.05) is 5.92 Å². The SMILES string of the molecule is C=C[C@@H](c1ccccc1)[C@H](N[S@@](=O)C(C)(C)C)c1ccc(OC)cc1. The quantitative estimate of drug-likeness (QED) is 0.726. The fourth-order valence-corrected chi connectivity index (χ4v) is 3.46. The molecule has 0 saturated heterocycles. The standard InChI is InChI=1S/C21H27NO2S/c1-6-19(16-10-8-7-9-11-16)20(22-25(23)21(2,3)4)17-12-14-18(24-5)15-13-17/h6-15,19-20,22H,1H2,2-5H3/t19-,20+,25-/m0/s1. The summed E-state index contributed by atoms with van der Waals surface area (Å²) in [6, 6.07) is 17.9. The molecule has 2 aromatic carbocycles. The van der Waals surface area contributed by atoms with E-state index in [0.29, 0.717) is 0 Å². The van der Waals surface area contributed by atoms with Crippen LogP contribution >= 0.6 is 0 Å². The molecule has 3 atom stereocenters. The number of nitrogens with one attached hydrogen (secondary N) is 1. The van der Waals surface area contributed by atoms with Gasteiger partial charge in [-0.3, -0.25) is 0 Å². The summed E-state index contributed by atoms with van der Waals surface area (Å²) in [5, 5.41) is 0. The Hall–Kier alpha value is -1.91. The second-order valence-electron chi connectivity index (χ2n) is 6.92. The number of benzene rings is 2. The maximum absolute atomic E-state index is 12.8. The average molecular weight is 358 g/mol. The first-order chi connectivity index (χ1) is 11.9. The van der Waals surface area contributed by atoms with Crippen LogP contribution in [0.1, 0.15) is 43.9 Å². The zero-order valence-electron chi connectivity index (χ0n) is 15.4. The highest BCUT2D eigenvalue weighted by Crippen LogP contribution is 2.34. The molecule has 0 aromatic heterocycles. The van der Waals surface area contributed by atoms with Crippen LogP contribution in [-0.2, 0) is 11.0 Å². The van der Waals surface area contributed by atoms with E-state index in [2.05, 4.69) is 23.4 Å². The Balaban J connectivity index is 2.42. The second-order valence-corrected chi connectivity index (χ2v) is 8.92. The van der Waals surface area contributed by atoms with Crippen molar-refractivity contribution < 1.29 is 8.95 Å². The van der Waals surface area contributed by atoms with Crippen LogP contribution in [0.3, 0.4) is 0 Å². The molecule has 0 radical (unpaired) electrons. The Morgan fingerprint density at radius 2 is 1.64 bits per heavy atom. The summed E-state index contributed by atoms with van der Waals surface area (Å²) >= 11 is 0. The maximum Gasteiger partial charge on any atom is 0.118 e. The van der Waals surface area contributed by atoms with Crippen LogP contribution in [0, 0.1) is 0 Å². The van der Waals surface area contributed by atoms with Gasteiger partial charge in [-0.25, -0.2) is 8.93 Å². The van der Waals surface area contributed by atoms with Gasteiger partial charge in [0.25, 0.3) is 0 Å². The fourth-order valence-electron chi connectivity index (χ4n) is 2.59. The lowest BCUT2D eigenvalue weighted by molar-refractivity contribution is 0.414. The van der Waals surface area contributed by atoms with Crippen LogP contribution in [0.25, 0.3) is 0 Å². The van der Waals surface area contributed by atoms with E-state index in [9.17, 15) is 4.21 Å². The van der Waals surface area contributed by atoms with Gasteiger partial charge in [-0.05, 0) is 44.0 Å². The molecule has 0 heterocycles. The van der Waals surface area contributed by atoms with E-state index < -0.39 is 11.0 Å². The summed E-state index contributed by atoms with van der Waals surface area (Å²) in [7, 11) is 0.449. The molecule has 0 bridgehead atoms. The minimum atomic E-state index is -1.20. The first-order valence-electron chi connectivity index (χ1n) is 8.36. The predicted molar refractivity (Wildman–Crippen MR) is 106 cm³/mol. The van der Waals surface area contributed by atoms with Crippen molar-refractivity contribution in [1.82, 2.24) is 4.72 Å². The van der Waals surface area contributed by atoms with E-state index in [4.69, 9.17) is 4.74 Å². The monoisotopic (exact) mass is 357 g/mol. The largest absolute Gasteiger partial charge is 0.497 e. The van der Waals surface area contributed by atoms with Crippen molar-refractivity contribution in [3.05, 3.63) is 78.4 Å². The summed E-state index contributed by atoms with van der Waals surface area (Å²) in [5.74, 6) is 0.801. The van der Waals surface area contributed by atoms with Gasteiger partial charge in [-0.1, -0.05) is 48.5 Å². The minimum absolute atomic E-state index is 0.000829. The third-order valence-electron chi connectivity index (χ3n) is 4.06. The molecule has 0 aliphatic carbocycles. The lowest BCUT2D eigenvalue weighted by Gasteiger charge is -2.29. The summed E-state index contributed by atoms with van der Waals surface area (Å²) in [4.78, 5) is 0. The summed E-state index contributed by atoms with van der Waals surface area (Å²) in [6.45, 7) is 9.92. The van der Waals surface area contributed by atoms with Crippen molar-refractivity contribution in [2.75, 3.05) is 7.11 Å².